The Labute approximate surface area is 240 Å². The smallest absolute Gasteiger partial charge is 0.408 e. The highest BCUT2D eigenvalue weighted by atomic mass is 16.5. The fourth-order valence-corrected chi connectivity index (χ4v) is 6.28. The maximum absolute atomic E-state index is 14.2. The minimum atomic E-state index is -1.40. The average molecular weight is 557 g/mol. The molecule has 2 aliphatic rings. The van der Waals surface area contributed by atoms with Gasteiger partial charge in [0.25, 0.3) is 0 Å². The number of carboxylic acids is 1. The topological polar surface area (TPSA) is 105 Å². The molecule has 2 aliphatic carbocycles. The molecule has 214 valence electrons. The van der Waals surface area contributed by atoms with Crippen molar-refractivity contribution in [1.82, 2.24) is 10.2 Å². The van der Waals surface area contributed by atoms with E-state index in [1.807, 2.05) is 87.5 Å². The molecule has 1 fully saturated rings. The number of hydrogen-bond donors (Lipinski definition) is 2. The molecule has 0 radical (unpaired) electrons. The number of amides is 2. The van der Waals surface area contributed by atoms with Gasteiger partial charge in [-0.25, -0.2) is 4.79 Å². The van der Waals surface area contributed by atoms with Gasteiger partial charge in [-0.2, -0.15) is 0 Å². The number of benzene rings is 3. The highest BCUT2D eigenvalue weighted by Gasteiger charge is 2.67. The maximum Gasteiger partial charge on any atom is 0.408 e. The first kappa shape index (κ1) is 28.4. The zero-order chi connectivity index (χ0) is 29.2. The highest BCUT2D eigenvalue weighted by molar-refractivity contribution is 5.94. The van der Waals surface area contributed by atoms with Crippen molar-refractivity contribution in [1.29, 1.82) is 0 Å². The third kappa shape index (κ3) is 5.20. The summed E-state index contributed by atoms with van der Waals surface area (Å²) in [5.74, 6) is -1.74. The van der Waals surface area contributed by atoms with E-state index >= 15 is 0 Å². The molecule has 41 heavy (non-hydrogen) atoms. The second-order valence-electron chi connectivity index (χ2n) is 11.3. The van der Waals surface area contributed by atoms with Crippen LogP contribution >= 0.6 is 0 Å². The van der Waals surface area contributed by atoms with Gasteiger partial charge in [0.05, 0.1) is 6.10 Å². The largest absolute Gasteiger partial charge is 0.480 e. The third-order valence-electron chi connectivity index (χ3n) is 8.62. The molecule has 0 bridgehead atoms. The van der Waals surface area contributed by atoms with Crippen LogP contribution in [0.1, 0.15) is 49.8 Å². The van der Waals surface area contributed by atoms with Crippen LogP contribution in [0.5, 0.6) is 0 Å². The van der Waals surface area contributed by atoms with Crippen molar-refractivity contribution in [2.75, 3.05) is 19.8 Å². The first-order valence-corrected chi connectivity index (χ1v) is 14.0. The Hall–Kier alpha value is -4.17. The van der Waals surface area contributed by atoms with Gasteiger partial charge in [0.1, 0.15) is 18.7 Å². The SMILES string of the molecule is CCOC1CC(NC(=O)OCC2c3ccccc3-c3ccccc32)(C(=O)N(CC(=O)O)Cc2ccccc2)C1(C)C. The van der Waals surface area contributed by atoms with Crippen molar-refractivity contribution in [3.05, 3.63) is 95.6 Å². The number of fused-ring (bicyclic) bond motifs is 3. The number of nitrogens with zero attached hydrogens (tertiary/aromatic N) is 1. The van der Waals surface area contributed by atoms with Gasteiger partial charge in [-0.3, -0.25) is 9.59 Å². The van der Waals surface area contributed by atoms with Crippen LogP contribution in [0.25, 0.3) is 11.1 Å². The van der Waals surface area contributed by atoms with E-state index in [1.54, 1.807) is 0 Å². The van der Waals surface area contributed by atoms with Crippen LogP contribution in [-0.4, -0.2) is 59.4 Å². The molecule has 0 aromatic heterocycles. The van der Waals surface area contributed by atoms with E-state index < -0.39 is 35.5 Å². The van der Waals surface area contributed by atoms with Gasteiger partial charge in [0.2, 0.25) is 5.91 Å². The number of rotatable bonds is 10. The van der Waals surface area contributed by atoms with E-state index in [4.69, 9.17) is 9.47 Å². The molecular formula is C33H36N2O6. The molecule has 3 aromatic carbocycles. The monoisotopic (exact) mass is 556 g/mol. The molecule has 2 unspecified atom stereocenters. The Balaban J connectivity index is 1.38. The number of nitrogens with one attached hydrogen (secondary N) is 1. The summed E-state index contributed by atoms with van der Waals surface area (Å²) >= 11 is 0. The van der Waals surface area contributed by atoms with Crippen molar-refractivity contribution >= 4 is 18.0 Å². The number of ether oxygens (including phenoxy) is 2. The van der Waals surface area contributed by atoms with Gasteiger partial charge < -0.3 is 24.8 Å². The molecule has 2 amide bonds. The minimum absolute atomic E-state index is 0.0927. The van der Waals surface area contributed by atoms with Crippen molar-refractivity contribution in [2.45, 2.75) is 51.3 Å². The van der Waals surface area contributed by atoms with Gasteiger partial charge in [-0.1, -0.05) is 92.7 Å². The lowest BCUT2D eigenvalue weighted by atomic mass is 9.53. The van der Waals surface area contributed by atoms with Crippen LogP contribution < -0.4 is 5.32 Å². The van der Waals surface area contributed by atoms with Crippen molar-refractivity contribution in [2.24, 2.45) is 5.41 Å². The molecule has 8 heteroatoms. The predicted octanol–water partition coefficient (Wildman–Crippen LogP) is 5.21. The Morgan fingerprint density at radius 1 is 0.927 bits per heavy atom. The summed E-state index contributed by atoms with van der Waals surface area (Å²) in [6, 6.07) is 25.3. The third-order valence-corrected chi connectivity index (χ3v) is 8.62. The summed E-state index contributed by atoms with van der Waals surface area (Å²) in [5.41, 5.74) is 2.98. The summed E-state index contributed by atoms with van der Waals surface area (Å²) in [6.07, 6.45) is -0.811. The molecule has 2 N–H and O–H groups in total. The lowest BCUT2D eigenvalue weighted by Gasteiger charge is -2.60. The second-order valence-corrected chi connectivity index (χ2v) is 11.3. The van der Waals surface area contributed by atoms with E-state index in [-0.39, 0.29) is 31.6 Å². The van der Waals surface area contributed by atoms with E-state index in [9.17, 15) is 19.5 Å². The second kappa shape index (κ2) is 11.4. The van der Waals surface area contributed by atoms with Gasteiger partial charge in [0, 0.05) is 30.9 Å². The van der Waals surface area contributed by atoms with Gasteiger partial charge in [0.15, 0.2) is 0 Å². The first-order valence-electron chi connectivity index (χ1n) is 14.0. The van der Waals surface area contributed by atoms with Gasteiger partial charge >= 0.3 is 12.1 Å². The van der Waals surface area contributed by atoms with Crippen LogP contribution in [0.2, 0.25) is 0 Å². The van der Waals surface area contributed by atoms with Crippen LogP contribution in [-0.2, 0) is 25.6 Å². The number of aliphatic carboxylic acids is 1. The molecular weight excluding hydrogens is 520 g/mol. The molecule has 8 nitrogen and oxygen atoms in total. The molecule has 0 heterocycles. The summed E-state index contributed by atoms with van der Waals surface area (Å²) < 4.78 is 11.7. The van der Waals surface area contributed by atoms with E-state index in [2.05, 4.69) is 17.4 Å². The van der Waals surface area contributed by atoms with Crippen molar-refractivity contribution in [3.8, 4) is 11.1 Å². The molecule has 0 aliphatic heterocycles. The molecule has 3 aromatic rings. The number of carboxylic acid groups (broad SMARTS) is 1. The highest BCUT2D eigenvalue weighted by Crippen LogP contribution is 2.52. The zero-order valence-corrected chi connectivity index (χ0v) is 23.6. The van der Waals surface area contributed by atoms with Crippen LogP contribution in [0.3, 0.4) is 0 Å². The van der Waals surface area contributed by atoms with E-state index in [0.717, 1.165) is 27.8 Å². The first-order chi connectivity index (χ1) is 19.7. The van der Waals surface area contributed by atoms with Crippen molar-refractivity contribution < 1.29 is 29.0 Å². The summed E-state index contributed by atoms with van der Waals surface area (Å²) in [5, 5.41) is 12.5. The molecule has 0 saturated heterocycles. The standard InChI is InChI=1S/C33H36N2O6/c1-4-40-28-18-33(32(28,2)3,30(38)35(20-29(36)37)19-22-12-6-5-7-13-22)34-31(39)41-21-27-25-16-10-8-14-23(25)24-15-9-11-17-26(24)27/h5-17,27-28H,4,18-21H2,1-3H3,(H,34,39)(H,36,37). The summed E-state index contributed by atoms with van der Waals surface area (Å²) in [6.45, 7) is 5.74. The Bertz CT molecular complexity index is 1390. The lowest BCUT2D eigenvalue weighted by Crippen LogP contribution is -2.78. The number of hydrogen-bond acceptors (Lipinski definition) is 5. The summed E-state index contributed by atoms with van der Waals surface area (Å²) in [7, 11) is 0. The van der Waals surface area contributed by atoms with Crippen LogP contribution in [0.15, 0.2) is 78.9 Å². The quantitative estimate of drug-likeness (QED) is 0.355. The predicted molar refractivity (Wildman–Crippen MR) is 154 cm³/mol. The van der Waals surface area contributed by atoms with Crippen LogP contribution in [0, 0.1) is 5.41 Å². The normalized spacial score (nSPS) is 20.3. The number of carbonyl (C=O) groups excluding carboxylic acids is 2. The molecule has 5 rings (SSSR count). The fourth-order valence-electron chi connectivity index (χ4n) is 6.28. The molecule has 0 spiro atoms. The summed E-state index contributed by atoms with van der Waals surface area (Å²) in [4.78, 5) is 40.7. The zero-order valence-electron chi connectivity index (χ0n) is 23.6. The van der Waals surface area contributed by atoms with Gasteiger partial charge in [-0.15, -0.1) is 0 Å². The number of carbonyl (C=O) groups is 3. The number of alkyl carbamates (subject to hydrolysis) is 1. The van der Waals surface area contributed by atoms with Gasteiger partial charge in [-0.05, 0) is 34.7 Å². The Kier molecular flexibility index (Phi) is 7.87. The van der Waals surface area contributed by atoms with Crippen LogP contribution in [0.4, 0.5) is 4.79 Å². The average Bonchev–Trinajstić information content (AvgIpc) is 3.28. The molecule has 2 atom stereocenters. The Morgan fingerprint density at radius 3 is 2.07 bits per heavy atom. The fraction of sp³-hybridized carbons (Fsp3) is 0.364. The van der Waals surface area contributed by atoms with Crippen molar-refractivity contribution in [3.63, 3.8) is 0 Å². The van der Waals surface area contributed by atoms with E-state index in [0.29, 0.717) is 6.61 Å². The lowest BCUT2D eigenvalue weighted by molar-refractivity contribution is -0.187. The van der Waals surface area contributed by atoms with E-state index in [1.165, 1.54) is 4.90 Å². The molecule has 1 saturated carbocycles. The minimum Gasteiger partial charge on any atom is -0.480 e. The Morgan fingerprint density at radius 2 is 1.51 bits per heavy atom. The maximum atomic E-state index is 14.2.